The van der Waals surface area contributed by atoms with E-state index in [0.717, 1.165) is 23.5 Å². The maximum Gasteiger partial charge on any atom is 0.170 e. The standard InChI is InChI=1S/C19H20N6/c1-3-14-11-17(25-9-8-20-12-25)10-13(2)18(14)15-4-6-16(7-5-15)19-21-23-24-22-19/h4-12,23-24H,3H2,1-2H3,(H,21,22). The molecule has 2 aromatic carbocycles. The van der Waals surface area contributed by atoms with Gasteiger partial charge in [-0.25, -0.2) is 10.5 Å². The van der Waals surface area contributed by atoms with E-state index in [4.69, 9.17) is 0 Å². The van der Waals surface area contributed by atoms with Crippen LogP contribution in [0.4, 0.5) is 0 Å². The maximum absolute atomic E-state index is 4.15. The molecule has 4 rings (SSSR count). The third kappa shape index (κ3) is 2.88. The fourth-order valence-electron chi connectivity index (χ4n) is 3.22. The van der Waals surface area contributed by atoms with Crippen molar-refractivity contribution >= 4 is 5.84 Å². The van der Waals surface area contributed by atoms with Gasteiger partial charge in [-0.05, 0) is 47.7 Å². The van der Waals surface area contributed by atoms with E-state index in [-0.39, 0.29) is 0 Å². The van der Waals surface area contributed by atoms with Gasteiger partial charge in [0.2, 0.25) is 0 Å². The fraction of sp³-hybridized carbons (Fsp3) is 0.158. The molecule has 1 aromatic heterocycles. The monoisotopic (exact) mass is 332 g/mol. The Kier molecular flexibility index (Phi) is 3.95. The van der Waals surface area contributed by atoms with Crippen LogP contribution in [0.1, 0.15) is 23.6 Å². The van der Waals surface area contributed by atoms with Crippen molar-refractivity contribution in [3.8, 4) is 16.8 Å². The zero-order chi connectivity index (χ0) is 17.2. The first-order valence-corrected chi connectivity index (χ1v) is 8.32. The van der Waals surface area contributed by atoms with Crippen molar-refractivity contribution in [2.45, 2.75) is 20.3 Å². The molecule has 6 nitrogen and oxygen atoms in total. The molecule has 1 aliphatic rings. The number of nitrogens with one attached hydrogen (secondary N) is 3. The van der Waals surface area contributed by atoms with Crippen LogP contribution >= 0.6 is 0 Å². The molecule has 3 aromatic rings. The predicted octanol–water partition coefficient (Wildman–Crippen LogP) is 2.68. The predicted molar refractivity (Wildman–Crippen MR) is 99.1 cm³/mol. The number of imidazole rings is 1. The van der Waals surface area contributed by atoms with E-state index in [9.17, 15) is 0 Å². The number of aryl methyl sites for hydroxylation is 2. The van der Waals surface area contributed by atoms with Gasteiger partial charge >= 0.3 is 0 Å². The van der Waals surface area contributed by atoms with Gasteiger partial charge in [0.1, 0.15) is 0 Å². The Morgan fingerprint density at radius 1 is 1.08 bits per heavy atom. The molecule has 0 aliphatic carbocycles. The number of hydrazone groups is 1. The molecule has 1 aliphatic heterocycles. The Morgan fingerprint density at radius 2 is 1.88 bits per heavy atom. The van der Waals surface area contributed by atoms with Crippen molar-refractivity contribution in [2.24, 2.45) is 5.10 Å². The molecule has 6 heteroatoms. The van der Waals surface area contributed by atoms with Crippen molar-refractivity contribution in [2.75, 3.05) is 0 Å². The molecular formula is C19H20N6. The summed E-state index contributed by atoms with van der Waals surface area (Å²) in [5.41, 5.74) is 15.7. The van der Waals surface area contributed by atoms with E-state index < -0.39 is 0 Å². The summed E-state index contributed by atoms with van der Waals surface area (Å²) in [6.45, 7) is 4.36. The van der Waals surface area contributed by atoms with Crippen molar-refractivity contribution in [1.29, 1.82) is 0 Å². The number of aromatic nitrogens is 2. The van der Waals surface area contributed by atoms with Crippen LogP contribution < -0.4 is 16.5 Å². The molecular weight excluding hydrogens is 312 g/mol. The minimum Gasteiger partial charge on any atom is -0.306 e. The zero-order valence-corrected chi connectivity index (χ0v) is 14.2. The summed E-state index contributed by atoms with van der Waals surface area (Å²) >= 11 is 0. The Bertz CT molecular complexity index is 910. The quantitative estimate of drug-likeness (QED) is 0.687. The third-order valence-electron chi connectivity index (χ3n) is 4.44. The molecule has 25 heavy (non-hydrogen) atoms. The summed E-state index contributed by atoms with van der Waals surface area (Å²) in [7, 11) is 0. The Balaban J connectivity index is 1.74. The lowest BCUT2D eigenvalue weighted by atomic mass is 9.92. The number of amidine groups is 1. The second-order valence-electron chi connectivity index (χ2n) is 6.02. The van der Waals surface area contributed by atoms with Crippen LogP contribution in [-0.4, -0.2) is 15.4 Å². The molecule has 0 atom stereocenters. The van der Waals surface area contributed by atoms with Crippen LogP contribution in [-0.2, 0) is 6.42 Å². The van der Waals surface area contributed by atoms with Gasteiger partial charge in [-0.2, -0.15) is 0 Å². The molecule has 0 amide bonds. The number of nitrogens with zero attached hydrogens (tertiary/aromatic N) is 3. The van der Waals surface area contributed by atoms with Crippen LogP contribution in [0.5, 0.6) is 0 Å². The molecule has 0 bridgehead atoms. The van der Waals surface area contributed by atoms with Crippen molar-refractivity contribution < 1.29 is 0 Å². The van der Waals surface area contributed by atoms with Crippen LogP contribution in [0, 0.1) is 6.92 Å². The highest BCUT2D eigenvalue weighted by Gasteiger charge is 2.12. The summed E-state index contributed by atoms with van der Waals surface area (Å²) in [5.74, 6) is 0.787. The van der Waals surface area contributed by atoms with E-state index >= 15 is 0 Å². The Hall–Kier alpha value is -3.12. The van der Waals surface area contributed by atoms with Crippen LogP contribution in [0.25, 0.3) is 16.8 Å². The van der Waals surface area contributed by atoms with Gasteiger partial charge < -0.3 is 4.57 Å². The maximum atomic E-state index is 4.15. The summed E-state index contributed by atoms with van der Waals surface area (Å²) in [6, 6.07) is 12.9. The summed E-state index contributed by atoms with van der Waals surface area (Å²) in [5, 5.41) is 4.14. The van der Waals surface area contributed by atoms with Crippen molar-refractivity contribution in [1.82, 2.24) is 26.0 Å². The topological polar surface area (TPSA) is 66.3 Å². The van der Waals surface area contributed by atoms with Crippen LogP contribution in [0.3, 0.4) is 0 Å². The van der Waals surface area contributed by atoms with Crippen molar-refractivity contribution in [3.63, 3.8) is 0 Å². The normalized spacial score (nSPS) is 13.3. The SMILES string of the molecule is CCc1cc(-n2ccnc2)cc(C)c1-c1ccc(C2=NNNN2)cc1. The summed E-state index contributed by atoms with van der Waals surface area (Å²) < 4.78 is 2.04. The minimum absolute atomic E-state index is 0.787. The molecule has 126 valence electrons. The van der Waals surface area contributed by atoms with E-state index in [2.05, 4.69) is 76.8 Å². The highest BCUT2D eigenvalue weighted by molar-refractivity contribution is 5.99. The van der Waals surface area contributed by atoms with Crippen LogP contribution in [0.15, 0.2) is 60.2 Å². The molecule has 3 N–H and O–H groups in total. The second kappa shape index (κ2) is 6.41. The molecule has 0 saturated carbocycles. The summed E-state index contributed by atoms with van der Waals surface area (Å²) in [6.07, 6.45) is 6.58. The number of benzene rings is 2. The number of hydrazine groups is 2. The summed E-state index contributed by atoms with van der Waals surface area (Å²) in [4.78, 5) is 4.15. The number of hydrogen-bond donors (Lipinski definition) is 3. The van der Waals surface area contributed by atoms with Gasteiger partial charge in [0, 0.05) is 23.6 Å². The Morgan fingerprint density at radius 3 is 2.52 bits per heavy atom. The molecule has 2 heterocycles. The van der Waals surface area contributed by atoms with E-state index in [1.165, 1.54) is 22.3 Å². The molecule has 0 unspecified atom stereocenters. The van der Waals surface area contributed by atoms with Gasteiger partial charge in [-0.1, -0.05) is 31.2 Å². The zero-order valence-electron chi connectivity index (χ0n) is 14.2. The fourth-order valence-corrected chi connectivity index (χ4v) is 3.22. The first-order chi connectivity index (χ1) is 12.3. The van der Waals surface area contributed by atoms with Gasteiger partial charge in [0.05, 0.1) is 6.33 Å². The smallest absolute Gasteiger partial charge is 0.170 e. The first kappa shape index (κ1) is 15.4. The lowest BCUT2D eigenvalue weighted by Gasteiger charge is -2.15. The minimum atomic E-state index is 0.787. The largest absolute Gasteiger partial charge is 0.306 e. The van der Waals surface area contributed by atoms with Gasteiger partial charge in [-0.15, -0.1) is 10.6 Å². The molecule has 0 saturated heterocycles. The highest BCUT2D eigenvalue weighted by Crippen LogP contribution is 2.30. The first-order valence-electron chi connectivity index (χ1n) is 8.32. The van der Waals surface area contributed by atoms with Gasteiger partial charge in [0.15, 0.2) is 5.84 Å². The Labute approximate surface area is 146 Å². The highest BCUT2D eigenvalue weighted by atomic mass is 15.8. The van der Waals surface area contributed by atoms with E-state index in [1.54, 1.807) is 6.20 Å². The van der Waals surface area contributed by atoms with E-state index in [1.807, 2.05) is 17.1 Å². The van der Waals surface area contributed by atoms with Gasteiger partial charge in [0.25, 0.3) is 0 Å². The molecule has 0 spiro atoms. The lowest BCUT2D eigenvalue weighted by molar-refractivity contribution is 0.577. The lowest BCUT2D eigenvalue weighted by Crippen LogP contribution is -2.35. The number of rotatable bonds is 4. The average Bonchev–Trinajstić information content (AvgIpc) is 3.35. The van der Waals surface area contributed by atoms with Crippen LogP contribution in [0.2, 0.25) is 0 Å². The molecule has 0 fully saturated rings. The van der Waals surface area contributed by atoms with Crippen molar-refractivity contribution in [3.05, 3.63) is 71.8 Å². The number of hydrogen-bond acceptors (Lipinski definition) is 5. The second-order valence-corrected chi connectivity index (χ2v) is 6.02. The van der Waals surface area contributed by atoms with Gasteiger partial charge in [-0.3, -0.25) is 5.43 Å². The average molecular weight is 332 g/mol. The van der Waals surface area contributed by atoms with E-state index in [0.29, 0.717) is 0 Å². The third-order valence-corrected chi connectivity index (χ3v) is 4.44. The molecule has 0 radical (unpaired) electrons.